The largest absolute Gasteiger partial charge is 0.413 e. The Labute approximate surface area is 204 Å². The highest BCUT2D eigenvalue weighted by molar-refractivity contribution is 6.74. The lowest BCUT2D eigenvalue weighted by atomic mass is 9.69. The Balaban J connectivity index is 1.69. The Bertz CT molecular complexity index is 1200. The molecule has 0 radical (unpaired) electrons. The fourth-order valence-corrected chi connectivity index (χ4v) is 6.11. The number of ether oxygens (including phenoxy) is 1. The van der Waals surface area contributed by atoms with Crippen LogP contribution in [-0.4, -0.2) is 37.9 Å². The Hall–Kier alpha value is -2.48. The van der Waals surface area contributed by atoms with Crippen molar-refractivity contribution in [2.75, 3.05) is 11.5 Å². The molecule has 2 bridgehead atoms. The highest BCUT2D eigenvalue weighted by Crippen LogP contribution is 2.60. The zero-order valence-electron chi connectivity index (χ0n) is 20.8. The van der Waals surface area contributed by atoms with Crippen LogP contribution in [0.15, 0.2) is 29.8 Å². The summed E-state index contributed by atoms with van der Waals surface area (Å²) in [6, 6.07) is 2.90. The number of halogens is 3. The van der Waals surface area contributed by atoms with Crippen molar-refractivity contribution in [2.45, 2.75) is 70.1 Å². The number of hydrogen-bond donors (Lipinski definition) is 0. The summed E-state index contributed by atoms with van der Waals surface area (Å²) in [5.74, 6) is -2.94. The third-order valence-electron chi connectivity index (χ3n) is 8.11. The fourth-order valence-electron chi connectivity index (χ4n) is 5.16. The van der Waals surface area contributed by atoms with E-state index in [9.17, 15) is 22.8 Å². The second-order valence-corrected chi connectivity index (χ2v) is 16.2. The molecule has 2 amide bonds. The van der Waals surface area contributed by atoms with E-state index in [4.69, 9.17) is 15.7 Å². The Morgan fingerprint density at radius 2 is 1.74 bits per heavy atom. The lowest BCUT2D eigenvalue weighted by Crippen LogP contribution is -2.45. The van der Waals surface area contributed by atoms with Crippen LogP contribution in [0.2, 0.25) is 18.1 Å². The molecule has 3 aliphatic heterocycles. The molecule has 2 fully saturated rings. The SMILES string of the molecule is [C-]#[N+]c1ccc(N2C(=O)[C@@H]3[C@H](C2=O)C2(C)C=C(CO[Si](C)(C)C(C)(C)C)C3(C)O2)cc1C(F)(F)F. The van der Waals surface area contributed by atoms with Gasteiger partial charge in [0.05, 0.1) is 36.2 Å². The van der Waals surface area contributed by atoms with Crippen LogP contribution in [0.4, 0.5) is 24.5 Å². The van der Waals surface area contributed by atoms with Crippen LogP contribution in [0.3, 0.4) is 0 Å². The Morgan fingerprint density at radius 1 is 1.14 bits per heavy atom. The second-order valence-electron chi connectivity index (χ2n) is 11.4. The third kappa shape index (κ3) is 3.67. The highest BCUT2D eigenvalue weighted by atomic mass is 28.4. The maximum atomic E-state index is 13.6. The number of carbonyl (C=O) groups is 2. The van der Waals surface area contributed by atoms with Crippen molar-refractivity contribution in [1.82, 2.24) is 0 Å². The van der Waals surface area contributed by atoms with E-state index in [2.05, 4.69) is 38.7 Å². The van der Waals surface area contributed by atoms with Crippen molar-refractivity contribution in [3.8, 4) is 0 Å². The van der Waals surface area contributed by atoms with Crippen molar-refractivity contribution in [3.05, 3.63) is 46.8 Å². The number of fused-ring (bicyclic) bond motifs is 5. The smallest absolute Gasteiger partial charge is 0.407 e. The van der Waals surface area contributed by atoms with E-state index >= 15 is 0 Å². The molecule has 0 aromatic heterocycles. The number of rotatable bonds is 4. The van der Waals surface area contributed by atoms with Gasteiger partial charge in [-0.1, -0.05) is 26.8 Å². The van der Waals surface area contributed by atoms with Gasteiger partial charge in [0.25, 0.3) is 0 Å². The Kier molecular flexibility index (Phi) is 5.49. The van der Waals surface area contributed by atoms with Crippen molar-refractivity contribution in [2.24, 2.45) is 11.8 Å². The molecule has 4 atom stereocenters. The monoisotopic (exact) mass is 506 g/mol. The van der Waals surface area contributed by atoms with Gasteiger partial charge in [0, 0.05) is 5.69 Å². The van der Waals surface area contributed by atoms with Gasteiger partial charge in [-0.05, 0) is 55.8 Å². The van der Waals surface area contributed by atoms with Crippen LogP contribution in [0.1, 0.15) is 40.2 Å². The topological polar surface area (TPSA) is 60.2 Å². The first-order chi connectivity index (χ1) is 15.9. The second kappa shape index (κ2) is 7.51. The molecule has 0 spiro atoms. The van der Waals surface area contributed by atoms with Gasteiger partial charge < -0.3 is 9.16 Å². The number of benzene rings is 1. The van der Waals surface area contributed by atoms with E-state index in [-0.39, 0.29) is 17.3 Å². The standard InChI is InChI=1S/C25H29F3N2O4Si/c1-22(2,3)35(7,8)33-13-14-12-23(4)18-19(24(14,5)34-23)21(32)30(20(18)31)15-9-10-17(29-6)16(11-15)25(26,27)28/h9-12,18-19H,13H2,1-5,7-8H3/t18-,19+,23?,24?/m1/s1. The molecule has 0 aliphatic carbocycles. The molecule has 2 unspecified atom stereocenters. The Morgan fingerprint density at radius 3 is 2.29 bits per heavy atom. The predicted molar refractivity (Wildman–Crippen MR) is 126 cm³/mol. The van der Waals surface area contributed by atoms with E-state index in [0.29, 0.717) is 6.07 Å². The van der Waals surface area contributed by atoms with Crippen LogP contribution >= 0.6 is 0 Å². The van der Waals surface area contributed by atoms with Crippen molar-refractivity contribution in [1.29, 1.82) is 0 Å². The summed E-state index contributed by atoms with van der Waals surface area (Å²) in [5.41, 5.74) is -3.37. The molecule has 0 N–H and O–H groups in total. The van der Waals surface area contributed by atoms with Crippen LogP contribution in [0, 0.1) is 18.4 Å². The average molecular weight is 507 g/mol. The van der Waals surface area contributed by atoms with Gasteiger partial charge in [0.2, 0.25) is 11.8 Å². The normalized spacial score (nSPS) is 30.5. The van der Waals surface area contributed by atoms with Gasteiger partial charge in [-0.25, -0.2) is 9.74 Å². The number of anilines is 1. The molecule has 35 heavy (non-hydrogen) atoms. The summed E-state index contributed by atoms with van der Waals surface area (Å²) in [6.45, 7) is 21.4. The summed E-state index contributed by atoms with van der Waals surface area (Å²) < 4.78 is 53.2. The molecule has 10 heteroatoms. The lowest BCUT2D eigenvalue weighted by Gasteiger charge is -2.38. The van der Waals surface area contributed by atoms with Gasteiger partial charge in [-0.3, -0.25) is 9.59 Å². The number of amides is 2. The number of carbonyl (C=O) groups excluding carboxylic acids is 2. The van der Waals surface area contributed by atoms with E-state index in [1.54, 1.807) is 13.8 Å². The van der Waals surface area contributed by atoms with E-state index in [1.807, 2.05) is 6.08 Å². The average Bonchev–Trinajstić information content (AvgIpc) is 3.25. The predicted octanol–water partition coefficient (Wildman–Crippen LogP) is 5.87. The minimum atomic E-state index is -4.80. The number of alkyl halides is 3. The van der Waals surface area contributed by atoms with Gasteiger partial charge in [-0.2, -0.15) is 13.2 Å². The first kappa shape index (κ1) is 25.6. The molecule has 4 rings (SSSR count). The van der Waals surface area contributed by atoms with Gasteiger partial charge in [0.15, 0.2) is 14.0 Å². The maximum Gasteiger partial charge on any atom is 0.407 e. The summed E-state index contributed by atoms with van der Waals surface area (Å²) >= 11 is 0. The molecule has 188 valence electrons. The first-order valence-electron chi connectivity index (χ1n) is 11.4. The molecule has 3 heterocycles. The minimum Gasteiger partial charge on any atom is -0.413 e. The van der Waals surface area contributed by atoms with Crippen LogP contribution < -0.4 is 4.90 Å². The number of imide groups is 1. The van der Waals surface area contributed by atoms with Crippen molar-refractivity contribution in [3.63, 3.8) is 0 Å². The van der Waals surface area contributed by atoms with Crippen LogP contribution in [0.25, 0.3) is 4.85 Å². The first-order valence-corrected chi connectivity index (χ1v) is 14.3. The molecule has 1 aromatic carbocycles. The quantitative estimate of drug-likeness (QED) is 0.222. The van der Waals surface area contributed by atoms with Gasteiger partial charge in [-0.15, -0.1) is 0 Å². The third-order valence-corrected chi connectivity index (χ3v) is 12.6. The number of hydrogen-bond acceptors (Lipinski definition) is 4. The zero-order chi connectivity index (χ0) is 26.4. The molecule has 3 aliphatic rings. The fraction of sp³-hybridized carbons (Fsp3) is 0.560. The summed E-state index contributed by atoms with van der Waals surface area (Å²) in [5, 5.41) is -0.0248. The molecular weight excluding hydrogens is 477 g/mol. The zero-order valence-corrected chi connectivity index (χ0v) is 21.8. The summed E-state index contributed by atoms with van der Waals surface area (Å²) in [6.07, 6.45) is -2.95. The van der Waals surface area contributed by atoms with E-state index in [1.165, 1.54) is 6.07 Å². The van der Waals surface area contributed by atoms with Crippen molar-refractivity contribution >= 4 is 31.5 Å². The van der Waals surface area contributed by atoms with Gasteiger partial charge >= 0.3 is 6.18 Å². The maximum absolute atomic E-state index is 13.6. The molecular formula is C25H29F3N2O4Si. The van der Waals surface area contributed by atoms with Crippen LogP contribution in [0.5, 0.6) is 0 Å². The highest BCUT2D eigenvalue weighted by Gasteiger charge is 2.73. The number of nitrogens with zero attached hydrogens (tertiary/aromatic N) is 2. The van der Waals surface area contributed by atoms with Crippen molar-refractivity contribution < 1.29 is 31.9 Å². The van der Waals surface area contributed by atoms with Crippen LogP contribution in [-0.2, 0) is 24.9 Å². The van der Waals surface area contributed by atoms with E-state index in [0.717, 1.165) is 16.5 Å². The summed E-state index contributed by atoms with van der Waals surface area (Å²) in [4.78, 5) is 30.8. The molecule has 6 nitrogen and oxygen atoms in total. The lowest BCUT2D eigenvalue weighted by molar-refractivity contribution is -0.137. The van der Waals surface area contributed by atoms with E-state index < -0.39 is 60.6 Å². The molecule has 0 saturated carbocycles. The molecule has 2 saturated heterocycles. The molecule has 1 aromatic rings. The minimum absolute atomic E-state index is 0.0248. The summed E-state index contributed by atoms with van der Waals surface area (Å²) in [7, 11) is -2.11. The van der Waals surface area contributed by atoms with Gasteiger partial charge in [0.1, 0.15) is 5.60 Å².